The average molecular weight is 257 g/mol. The second-order valence-corrected chi connectivity index (χ2v) is 4.96. The molecule has 3 N–H and O–H groups in total. The first-order chi connectivity index (χ1) is 8.74. The van der Waals surface area contributed by atoms with Crippen LogP contribution in [0.25, 0.3) is 11.2 Å². The van der Waals surface area contributed by atoms with Gasteiger partial charge >= 0.3 is 0 Å². The molecule has 0 aliphatic rings. The zero-order valence-electron chi connectivity index (χ0n) is 9.71. The lowest BCUT2D eigenvalue weighted by atomic mass is 10.2. The summed E-state index contributed by atoms with van der Waals surface area (Å²) in [6.07, 6.45) is 3.13. The van der Waals surface area contributed by atoms with E-state index in [1.807, 2.05) is 25.1 Å². The third-order valence-electron chi connectivity index (χ3n) is 2.65. The highest BCUT2D eigenvalue weighted by molar-refractivity contribution is 7.99. The van der Waals surface area contributed by atoms with Crippen molar-refractivity contribution in [3.8, 4) is 0 Å². The van der Waals surface area contributed by atoms with Crippen molar-refractivity contribution in [2.24, 2.45) is 0 Å². The van der Waals surface area contributed by atoms with Gasteiger partial charge in [0.15, 0.2) is 5.65 Å². The van der Waals surface area contributed by atoms with Gasteiger partial charge in [0.1, 0.15) is 16.9 Å². The van der Waals surface area contributed by atoms with E-state index in [1.54, 1.807) is 18.1 Å². The number of nitrogens with two attached hydrogens (primary N) is 1. The summed E-state index contributed by atoms with van der Waals surface area (Å²) in [6, 6.07) is 5.98. The van der Waals surface area contributed by atoms with Gasteiger partial charge < -0.3 is 10.7 Å². The van der Waals surface area contributed by atoms with E-state index < -0.39 is 0 Å². The molecule has 6 heteroatoms. The molecule has 0 saturated heterocycles. The zero-order chi connectivity index (χ0) is 12.5. The number of nitrogens with zero attached hydrogens (tertiary/aromatic N) is 3. The standard InChI is InChI=1S/C12H11N5S/c1-7-2-3-8(4-9(7)13)18-12-10-11(15-5-14-10)16-6-17-12/h2-6H,13H2,1H3,(H,14,15,16,17). The maximum atomic E-state index is 5.90. The van der Waals surface area contributed by atoms with E-state index in [9.17, 15) is 0 Å². The summed E-state index contributed by atoms with van der Waals surface area (Å²) in [5.74, 6) is 0. The van der Waals surface area contributed by atoms with Gasteiger partial charge in [-0.1, -0.05) is 17.8 Å². The number of aromatic amines is 1. The molecule has 3 aromatic rings. The second kappa shape index (κ2) is 4.30. The van der Waals surface area contributed by atoms with Crippen molar-refractivity contribution in [3.63, 3.8) is 0 Å². The summed E-state index contributed by atoms with van der Waals surface area (Å²) in [7, 11) is 0. The predicted molar refractivity (Wildman–Crippen MR) is 71.4 cm³/mol. The van der Waals surface area contributed by atoms with Crippen LogP contribution in [0.4, 0.5) is 5.69 Å². The number of nitrogen functional groups attached to an aromatic ring is 1. The van der Waals surface area contributed by atoms with Crippen LogP contribution in [0.2, 0.25) is 0 Å². The van der Waals surface area contributed by atoms with Crippen LogP contribution in [0.5, 0.6) is 0 Å². The molecule has 0 unspecified atom stereocenters. The molecule has 0 aliphatic heterocycles. The number of fused-ring (bicyclic) bond motifs is 1. The van der Waals surface area contributed by atoms with Crippen LogP contribution < -0.4 is 5.73 Å². The van der Waals surface area contributed by atoms with Crippen molar-refractivity contribution in [2.45, 2.75) is 16.8 Å². The van der Waals surface area contributed by atoms with Crippen LogP contribution in [0.1, 0.15) is 5.56 Å². The molecule has 0 radical (unpaired) electrons. The van der Waals surface area contributed by atoms with Gasteiger partial charge in [-0.3, -0.25) is 0 Å². The number of nitrogens with one attached hydrogen (secondary N) is 1. The summed E-state index contributed by atoms with van der Waals surface area (Å²) in [5.41, 5.74) is 9.29. The smallest absolute Gasteiger partial charge is 0.181 e. The monoisotopic (exact) mass is 257 g/mol. The van der Waals surface area contributed by atoms with Crippen LogP contribution in [0, 0.1) is 6.92 Å². The van der Waals surface area contributed by atoms with Crippen LogP contribution in [0.3, 0.4) is 0 Å². The van der Waals surface area contributed by atoms with E-state index in [0.29, 0.717) is 5.65 Å². The molecular weight excluding hydrogens is 246 g/mol. The minimum absolute atomic E-state index is 0.674. The Hall–Kier alpha value is -2.08. The van der Waals surface area contributed by atoms with E-state index >= 15 is 0 Å². The van der Waals surface area contributed by atoms with Gasteiger partial charge in [0.05, 0.1) is 6.33 Å². The Labute approximate surface area is 108 Å². The Morgan fingerprint density at radius 1 is 1.22 bits per heavy atom. The summed E-state index contributed by atoms with van der Waals surface area (Å²) in [4.78, 5) is 16.6. The molecule has 0 atom stereocenters. The first-order valence-electron chi connectivity index (χ1n) is 5.42. The van der Waals surface area contributed by atoms with E-state index in [2.05, 4.69) is 19.9 Å². The maximum absolute atomic E-state index is 5.90. The largest absolute Gasteiger partial charge is 0.398 e. The van der Waals surface area contributed by atoms with Gasteiger partial charge in [0.25, 0.3) is 0 Å². The average Bonchev–Trinajstić information content (AvgIpc) is 2.83. The first kappa shape index (κ1) is 11.0. The molecule has 0 fully saturated rings. The molecule has 5 nitrogen and oxygen atoms in total. The Kier molecular flexibility index (Phi) is 2.64. The number of imidazole rings is 1. The molecule has 3 rings (SSSR count). The third-order valence-corrected chi connectivity index (χ3v) is 3.65. The fraction of sp³-hybridized carbons (Fsp3) is 0.0833. The fourth-order valence-corrected chi connectivity index (χ4v) is 2.51. The van der Waals surface area contributed by atoms with Crippen molar-refractivity contribution in [2.75, 3.05) is 5.73 Å². The number of hydrogen-bond acceptors (Lipinski definition) is 5. The second-order valence-electron chi connectivity index (χ2n) is 3.90. The van der Waals surface area contributed by atoms with Crippen molar-refractivity contribution < 1.29 is 0 Å². The number of rotatable bonds is 2. The number of anilines is 1. The fourth-order valence-electron chi connectivity index (χ4n) is 1.61. The summed E-state index contributed by atoms with van der Waals surface area (Å²) in [5, 5.41) is 0.848. The van der Waals surface area contributed by atoms with Gasteiger partial charge in [-0.05, 0) is 24.6 Å². The molecule has 90 valence electrons. The van der Waals surface area contributed by atoms with Crippen molar-refractivity contribution in [1.29, 1.82) is 0 Å². The van der Waals surface area contributed by atoms with Crippen molar-refractivity contribution >= 4 is 28.6 Å². The van der Waals surface area contributed by atoms with Crippen LogP contribution in [0.15, 0.2) is 40.8 Å². The van der Waals surface area contributed by atoms with Gasteiger partial charge in [0, 0.05) is 10.6 Å². The highest BCUT2D eigenvalue weighted by atomic mass is 32.2. The SMILES string of the molecule is Cc1ccc(Sc2ncnc3nc[nH]c23)cc1N. The van der Waals surface area contributed by atoms with Crippen molar-refractivity contribution in [1.82, 2.24) is 19.9 Å². The van der Waals surface area contributed by atoms with Gasteiger partial charge in [-0.15, -0.1) is 0 Å². The molecule has 0 spiro atoms. The molecule has 18 heavy (non-hydrogen) atoms. The van der Waals surface area contributed by atoms with Crippen LogP contribution in [-0.4, -0.2) is 19.9 Å². The Morgan fingerprint density at radius 2 is 2.11 bits per heavy atom. The highest BCUT2D eigenvalue weighted by Crippen LogP contribution is 2.31. The normalized spacial score (nSPS) is 10.9. The van der Waals surface area contributed by atoms with E-state index in [-0.39, 0.29) is 0 Å². The van der Waals surface area contributed by atoms with Gasteiger partial charge in [-0.25, -0.2) is 15.0 Å². The lowest BCUT2D eigenvalue weighted by Gasteiger charge is -2.04. The van der Waals surface area contributed by atoms with E-state index in [4.69, 9.17) is 5.73 Å². The topological polar surface area (TPSA) is 80.5 Å². The zero-order valence-corrected chi connectivity index (χ0v) is 10.5. The molecule has 0 bridgehead atoms. The number of hydrogen-bond donors (Lipinski definition) is 2. The molecule has 2 heterocycles. The Balaban J connectivity index is 2.01. The molecule has 0 amide bonds. The molecule has 0 aliphatic carbocycles. The molecular formula is C12H11N5S. The van der Waals surface area contributed by atoms with Crippen molar-refractivity contribution in [3.05, 3.63) is 36.4 Å². The predicted octanol–water partition coefficient (Wildman–Crippen LogP) is 2.39. The number of aryl methyl sites for hydroxylation is 1. The number of aromatic nitrogens is 4. The Morgan fingerprint density at radius 3 is 2.94 bits per heavy atom. The van der Waals surface area contributed by atoms with E-state index in [1.165, 1.54) is 6.33 Å². The summed E-state index contributed by atoms with van der Waals surface area (Å²) < 4.78 is 0. The number of H-pyrrole nitrogens is 1. The quantitative estimate of drug-likeness (QED) is 0.544. The summed E-state index contributed by atoms with van der Waals surface area (Å²) in [6.45, 7) is 1.99. The highest BCUT2D eigenvalue weighted by Gasteiger charge is 2.08. The van der Waals surface area contributed by atoms with Crippen LogP contribution >= 0.6 is 11.8 Å². The number of benzene rings is 1. The molecule has 2 aromatic heterocycles. The van der Waals surface area contributed by atoms with E-state index in [0.717, 1.165) is 26.7 Å². The maximum Gasteiger partial charge on any atom is 0.181 e. The molecule has 0 saturated carbocycles. The first-order valence-corrected chi connectivity index (χ1v) is 6.24. The van der Waals surface area contributed by atoms with Crippen LogP contribution in [-0.2, 0) is 0 Å². The third kappa shape index (κ3) is 1.91. The van der Waals surface area contributed by atoms with Gasteiger partial charge in [0.2, 0.25) is 0 Å². The minimum Gasteiger partial charge on any atom is -0.398 e. The Bertz CT molecular complexity index is 707. The lowest BCUT2D eigenvalue weighted by Crippen LogP contribution is -1.90. The lowest BCUT2D eigenvalue weighted by molar-refractivity contribution is 1.08. The summed E-state index contributed by atoms with van der Waals surface area (Å²) >= 11 is 1.54. The van der Waals surface area contributed by atoms with Gasteiger partial charge in [-0.2, -0.15) is 0 Å². The minimum atomic E-state index is 0.674. The molecule has 1 aromatic carbocycles.